The summed E-state index contributed by atoms with van der Waals surface area (Å²) >= 11 is 0. The molecular weight excluding hydrogens is 214 g/mol. The van der Waals surface area contributed by atoms with Gasteiger partial charge in [-0.05, 0) is 37.3 Å². The van der Waals surface area contributed by atoms with Gasteiger partial charge in [-0.15, -0.1) is 0 Å². The number of aromatic amines is 1. The molecule has 3 heteroatoms. The Labute approximate surface area is 97.7 Å². The second-order valence-electron chi connectivity index (χ2n) is 4.24. The van der Waals surface area contributed by atoms with Crippen molar-refractivity contribution in [2.75, 3.05) is 0 Å². The largest absolute Gasteiger partial charge is 0.478 e. The van der Waals surface area contributed by atoms with Crippen LogP contribution in [0.1, 0.15) is 15.9 Å². The summed E-state index contributed by atoms with van der Waals surface area (Å²) < 4.78 is 0. The van der Waals surface area contributed by atoms with E-state index in [-0.39, 0.29) is 0 Å². The number of carboxylic acids is 1. The summed E-state index contributed by atoms with van der Waals surface area (Å²) in [5.74, 6) is -0.895. The summed E-state index contributed by atoms with van der Waals surface area (Å²) in [4.78, 5) is 14.2. The van der Waals surface area contributed by atoms with Gasteiger partial charge in [0.1, 0.15) is 0 Å². The molecule has 1 heterocycles. The molecule has 0 aliphatic rings. The molecule has 0 saturated heterocycles. The lowest BCUT2D eigenvalue weighted by Gasteiger charge is -1.96. The van der Waals surface area contributed by atoms with E-state index in [2.05, 4.69) is 11.1 Å². The van der Waals surface area contributed by atoms with Crippen molar-refractivity contribution in [1.82, 2.24) is 4.98 Å². The van der Waals surface area contributed by atoms with Crippen LogP contribution in [0.25, 0.3) is 21.8 Å². The average Bonchev–Trinajstić information content (AvgIpc) is 2.66. The van der Waals surface area contributed by atoms with Gasteiger partial charge in [-0.2, -0.15) is 0 Å². The first-order valence-corrected chi connectivity index (χ1v) is 5.40. The molecule has 2 aromatic carbocycles. The topological polar surface area (TPSA) is 53.1 Å². The van der Waals surface area contributed by atoms with Crippen molar-refractivity contribution >= 4 is 27.8 Å². The van der Waals surface area contributed by atoms with Crippen LogP contribution in [-0.4, -0.2) is 16.1 Å². The number of hydrogen-bond acceptors (Lipinski definition) is 1. The molecule has 0 unspecified atom stereocenters. The number of aromatic carboxylic acids is 1. The third-order valence-electron chi connectivity index (χ3n) is 3.00. The first-order chi connectivity index (χ1) is 8.15. The number of carboxylic acid groups (broad SMARTS) is 1. The van der Waals surface area contributed by atoms with Crippen molar-refractivity contribution in [2.24, 2.45) is 0 Å². The maximum Gasteiger partial charge on any atom is 0.335 e. The quantitative estimate of drug-likeness (QED) is 0.667. The van der Waals surface area contributed by atoms with Crippen molar-refractivity contribution < 1.29 is 9.90 Å². The zero-order valence-corrected chi connectivity index (χ0v) is 9.32. The molecule has 3 rings (SSSR count). The molecule has 0 spiro atoms. The Morgan fingerprint density at radius 2 is 1.71 bits per heavy atom. The number of carbonyl (C=O) groups is 1. The molecule has 17 heavy (non-hydrogen) atoms. The Balaban J connectivity index is 2.43. The van der Waals surface area contributed by atoms with Crippen LogP contribution in [0.4, 0.5) is 0 Å². The van der Waals surface area contributed by atoms with E-state index in [0.29, 0.717) is 5.56 Å². The molecule has 3 aromatic rings. The minimum Gasteiger partial charge on any atom is -0.478 e. The fourth-order valence-electron chi connectivity index (χ4n) is 2.14. The van der Waals surface area contributed by atoms with E-state index < -0.39 is 5.97 Å². The molecule has 2 N–H and O–H groups in total. The van der Waals surface area contributed by atoms with Crippen molar-refractivity contribution in [3.05, 3.63) is 47.5 Å². The van der Waals surface area contributed by atoms with E-state index in [9.17, 15) is 4.79 Å². The van der Waals surface area contributed by atoms with Gasteiger partial charge in [-0.3, -0.25) is 0 Å². The normalized spacial score (nSPS) is 11.1. The SMILES string of the molecule is Cc1ccc2[nH]c3ccc(C(=O)O)cc3c2c1. The molecule has 0 saturated carbocycles. The predicted octanol–water partition coefficient (Wildman–Crippen LogP) is 3.33. The van der Waals surface area contributed by atoms with E-state index in [1.54, 1.807) is 12.1 Å². The molecule has 1 aromatic heterocycles. The summed E-state index contributed by atoms with van der Waals surface area (Å²) in [6.07, 6.45) is 0. The van der Waals surface area contributed by atoms with Gasteiger partial charge in [0, 0.05) is 21.8 Å². The molecule has 0 bridgehead atoms. The highest BCUT2D eigenvalue weighted by atomic mass is 16.4. The van der Waals surface area contributed by atoms with Crippen LogP contribution in [0.5, 0.6) is 0 Å². The van der Waals surface area contributed by atoms with Gasteiger partial charge in [0.15, 0.2) is 0 Å². The molecule has 0 radical (unpaired) electrons. The minimum absolute atomic E-state index is 0.319. The van der Waals surface area contributed by atoms with Gasteiger partial charge in [0.2, 0.25) is 0 Å². The smallest absolute Gasteiger partial charge is 0.335 e. The highest BCUT2D eigenvalue weighted by Gasteiger charge is 2.08. The lowest BCUT2D eigenvalue weighted by molar-refractivity contribution is 0.0697. The Kier molecular flexibility index (Phi) is 1.95. The van der Waals surface area contributed by atoms with E-state index in [1.165, 1.54) is 5.56 Å². The van der Waals surface area contributed by atoms with E-state index >= 15 is 0 Å². The molecule has 0 atom stereocenters. The van der Waals surface area contributed by atoms with E-state index in [0.717, 1.165) is 21.8 Å². The second-order valence-corrected chi connectivity index (χ2v) is 4.24. The van der Waals surface area contributed by atoms with Crippen LogP contribution in [0.15, 0.2) is 36.4 Å². The number of aromatic nitrogens is 1. The van der Waals surface area contributed by atoms with Crippen LogP contribution in [0.3, 0.4) is 0 Å². The fraction of sp³-hybridized carbons (Fsp3) is 0.0714. The van der Waals surface area contributed by atoms with Crippen LogP contribution >= 0.6 is 0 Å². The van der Waals surface area contributed by atoms with Crippen LogP contribution in [-0.2, 0) is 0 Å². The minimum atomic E-state index is -0.895. The lowest BCUT2D eigenvalue weighted by Crippen LogP contribution is -1.94. The standard InChI is InChI=1S/C14H11NO2/c1-8-2-4-12-10(6-8)11-7-9(14(16)17)3-5-13(11)15-12/h2-7,15H,1H3,(H,16,17). The van der Waals surface area contributed by atoms with Crippen molar-refractivity contribution in [3.63, 3.8) is 0 Å². The molecule has 84 valence electrons. The molecule has 0 aliphatic heterocycles. The Bertz CT molecular complexity index is 740. The van der Waals surface area contributed by atoms with Crippen LogP contribution in [0, 0.1) is 6.92 Å². The van der Waals surface area contributed by atoms with Crippen molar-refractivity contribution in [3.8, 4) is 0 Å². The Morgan fingerprint density at radius 1 is 1.06 bits per heavy atom. The summed E-state index contributed by atoms with van der Waals surface area (Å²) in [6.45, 7) is 2.03. The number of rotatable bonds is 1. The Hall–Kier alpha value is -2.29. The third-order valence-corrected chi connectivity index (χ3v) is 3.00. The fourth-order valence-corrected chi connectivity index (χ4v) is 2.14. The molecular formula is C14H11NO2. The van der Waals surface area contributed by atoms with E-state index in [4.69, 9.17) is 5.11 Å². The lowest BCUT2D eigenvalue weighted by atomic mass is 10.1. The molecule has 0 aliphatic carbocycles. The van der Waals surface area contributed by atoms with Crippen LogP contribution < -0.4 is 0 Å². The highest BCUT2D eigenvalue weighted by Crippen LogP contribution is 2.27. The number of nitrogens with one attached hydrogen (secondary N) is 1. The second kappa shape index (κ2) is 3.35. The number of benzene rings is 2. The molecule has 0 amide bonds. The highest BCUT2D eigenvalue weighted by molar-refractivity contribution is 6.09. The van der Waals surface area contributed by atoms with Gasteiger partial charge in [0.25, 0.3) is 0 Å². The average molecular weight is 225 g/mol. The maximum absolute atomic E-state index is 11.0. The maximum atomic E-state index is 11.0. The number of aryl methyl sites for hydroxylation is 1. The Morgan fingerprint density at radius 3 is 2.41 bits per heavy atom. The zero-order valence-electron chi connectivity index (χ0n) is 9.32. The number of fused-ring (bicyclic) bond motifs is 3. The summed E-state index contributed by atoms with van der Waals surface area (Å²) in [6, 6.07) is 11.3. The molecule has 0 fully saturated rings. The van der Waals surface area contributed by atoms with Crippen molar-refractivity contribution in [2.45, 2.75) is 6.92 Å². The van der Waals surface area contributed by atoms with Gasteiger partial charge < -0.3 is 10.1 Å². The van der Waals surface area contributed by atoms with E-state index in [1.807, 2.05) is 25.1 Å². The third kappa shape index (κ3) is 1.47. The van der Waals surface area contributed by atoms with Crippen molar-refractivity contribution in [1.29, 1.82) is 0 Å². The first kappa shape index (κ1) is 9.90. The van der Waals surface area contributed by atoms with Crippen LogP contribution in [0.2, 0.25) is 0 Å². The number of H-pyrrole nitrogens is 1. The molecule has 3 nitrogen and oxygen atoms in total. The zero-order chi connectivity index (χ0) is 12.0. The number of hydrogen-bond donors (Lipinski definition) is 2. The summed E-state index contributed by atoms with van der Waals surface area (Å²) in [7, 11) is 0. The monoisotopic (exact) mass is 225 g/mol. The van der Waals surface area contributed by atoms with Gasteiger partial charge in [-0.1, -0.05) is 11.6 Å². The predicted molar refractivity (Wildman–Crippen MR) is 67.5 cm³/mol. The van der Waals surface area contributed by atoms with Gasteiger partial charge in [-0.25, -0.2) is 4.79 Å². The summed E-state index contributed by atoms with van der Waals surface area (Å²) in [5.41, 5.74) is 3.49. The van der Waals surface area contributed by atoms with Gasteiger partial charge >= 0.3 is 5.97 Å². The van der Waals surface area contributed by atoms with Gasteiger partial charge in [0.05, 0.1) is 5.56 Å². The first-order valence-electron chi connectivity index (χ1n) is 5.40. The summed E-state index contributed by atoms with van der Waals surface area (Å²) in [5, 5.41) is 11.0.